The molecule has 22 heteroatoms. The molecule has 21 nitrogen and oxygen atoms in total. The molecule has 1 heterocycles. The molecule has 0 bridgehead atoms. The number of ether oxygens (including phenoxy) is 6. The number of carbonyl (C=O) groups is 7. The van der Waals surface area contributed by atoms with Crippen molar-refractivity contribution in [3.8, 4) is 0 Å². The summed E-state index contributed by atoms with van der Waals surface area (Å²) in [6.07, 6.45) is 33.5. The smallest absolute Gasteiger partial charge is 0.470 e. The first-order chi connectivity index (χ1) is 47.8. The highest BCUT2D eigenvalue weighted by Crippen LogP contribution is 2.42. The van der Waals surface area contributed by atoms with Crippen LogP contribution in [0.3, 0.4) is 0 Å². The van der Waals surface area contributed by atoms with Crippen LogP contribution in [0.15, 0.2) is 0 Å². The Hall–Kier alpha value is -3.72. The van der Waals surface area contributed by atoms with Crippen molar-refractivity contribution in [3.05, 3.63) is 0 Å². The maximum absolute atomic E-state index is 14.7. The number of rotatable bonds is 69. The number of hydrogen-bond acceptors (Lipinski definition) is 16. The van der Waals surface area contributed by atoms with Crippen LogP contribution in [-0.4, -0.2) is 130 Å². The minimum absolute atomic E-state index is 0.123. The summed E-state index contributed by atoms with van der Waals surface area (Å²) in [5.41, 5.74) is 0. The largest absolute Gasteiger partial charge is 0.480 e. The number of aliphatic carboxylic acids is 1. The first-order valence-electron chi connectivity index (χ1n) is 40.1. The summed E-state index contributed by atoms with van der Waals surface area (Å²) in [4.78, 5) is 117. The van der Waals surface area contributed by atoms with E-state index in [1.807, 2.05) is 6.92 Å². The number of aliphatic hydroxyl groups excluding tert-OH is 1. The van der Waals surface area contributed by atoms with Crippen LogP contribution in [0, 0.1) is 0 Å². The van der Waals surface area contributed by atoms with Gasteiger partial charge in [-0.15, -0.1) is 0 Å². The van der Waals surface area contributed by atoms with Crippen molar-refractivity contribution in [1.82, 2.24) is 10.6 Å². The summed E-state index contributed by atoms with van der Waals surface area (Å²) >= 11 is 0. The van der Waals surface area contributed by atoms with Gasteiger partial charge < -0.3 is 59.1 Å². The molecule has 0 spiro atoms. The van der Waals surface area contributed by atoms with Gasteiger partial charge in [0.25, 0.3) is 0 Å². The number of carboxylic acid groups (broad SMARTS) is 1. The highest BCUT2D eigenvalue weighted by molar-refractivity contribution is 7.46. The van der Waals surface area contributed by atoms with Gasteiger partial charge in [0.05, 0.1) is 32.5 Å². The Labute approximate surface area is 598 Å². The summed E-state index contributed by atoms with van der Waals surface area (Å²) in [6, 6.07) is -3.59. The summed E-state index contributed by atoms with van der Waals surface area (Å²) in [5, 5.41) is 26.8. The lowest BCUT2D eigenvalue weighted by atomic mass is 9.95. The number of esters is 4. The first-order valence-corrected chi connectivity index (χ1v) is 41.6. The van der Waals surface area contributed by atoms with Crippen LogP contribution in [0.1, 0.15) is 382 Å². The highest BCUT2D eigenvalue weighted by Gasteiger charge is 2.52. The number of hydrogen-bond donors (Lipinski definition) is 6. The van der Waals surface area contributed by atoms with Crippen LogP contribution in [0.4, 0.5) is 0 Å². The Bertz CT molecular complexity index is 2100. The molecule has 0 radical (unpaired) electrons. The van der Waals surface area contributed by atoms with Gasteiger partial charge in [0.2, 0.25) is 11.8 Å². The molecule has 1 fully saturated rings. The van der Waals surface area contributed by atoms with Gasteiger partial charge >= 0.3 is 37.7 Å². The summed E-state index contributed by atoms with van der Waals surface area (Å²) in [7, 11) is -5.56. The second-order valence-electron chi connectivity index (χ2n) is 28.1. The van der Waals surface area contributed by atoms with E-state index < -0.39 is 131 Å². The fourth-order valence-electron chi connectivity index (χ4n) is 12.8. The number of phosphoric acid groups is 1. The Morgan fingerprint density at radius 3 is 1.07 bits per heavy atom. The maximum atomic E-state index is 14.7. The molecular weight excluding hydrogens is 1290 g/mol. The molecule has 0 unspecified atom stereocenters. The van der Waals surface area contributed by atoms with Crippen molar-refractivity contribution in [3.63, 3.8) is 0 Å². The van der Waals surface area contributed by atoms with Gasteiger partial charge in [-0.3, -0.25) is 33.3 Å². The molecular formula is C77H143N2O19P. The summed E-state index contributed by atoms with van der Waals surface area (Å²) < 4.78 is 54.6. The molecule has 2 amide bonds. The molecule has 580 valence electrons. The highest BCUT2D eigenvalue weighted by atomic mass is 31.2. The molecule has 1 aliphatic heterocycles. The second-order valence-corrected chi connectivity index (χ2v) is 29.3. The quantitative estimate of drug-likeness (QED) is 0.0143. The standard InChI is InChI=1S/C77H143N2O19P/c1-7-13-19-24-29-32-37-40-46-51-62(93-70(84)55-49-43-35-27-22-16-10-4)57-67(81)78-65(76(87)88)61-92-77-73(79-68(82)58-63(94-69(83)54-45-18-12-6)52-47-41-38-33-30-25-20-14-8-2)75(74(66(60-80)96-77)98-99(89,90)91)97-72(86)59-64(53-48-42-39-34-31-26-21-15-9-3)95-71(85)56-50-44-36-28-23-17-11-5/h62-66,73-75,77,80H,7-61H2,1-6H3,(H,78,81)(H,79,82)(H,87,88)(H2,89,90,91)/t62-,63-,64-,65+,66-,73-,74-,75-,77-/m1/s1. The Morgan fingerprint density at radius 1 is 0.414 bits per heavy atom. The second kappa shape index (κ2) is 62.8. The van der Waals surface area contributed by atoms with E-state index >= 15 is 0 Å². The molecule has 0 aromatic rings. The fourth-order valence-corrected chi connectivity index (χ4v) is 13.4. The normalized spacial score (nSPS) is 17.5. The minimum atomic E-state index is -5.56. The third-order valence-electron chi connectivity index (χ3n) is 18.7. The molecule has 1 rings (SSSR count). The number of carboxylic acids is 1. The predicted molar refractivity (Wildman–Crippen MR) is 388 cm³/mol. The third-order valence-corrected chi connectivity index (χ3v) is 19.2. The monoisotopic (exact) mass is 1430 g/mol. The van der Waals surface area contributed by atoms with E-state index in [9.17, 15) is 58.1 Å². The van der Waals surface area contributed by atoms with Crippen LogP contribution in [-0.2, 0) is 71.1 Å². The molecule has 6 N–H and O–H groups in total. The van der Waals surface area contributed by atoms with Crippen LogP contribution in [0.5, 0.6) is 0 Å². The fraction of sp³-hybridized carbons (Fsp3) is 0.909. The van der Waals surface area contributed by atoms with Crippen molar-refractivity contribution in [2.45, 2.75) is 437 Å². The van der Waals surface area contributed by atoms with Crippen LogP contribution >= 0.6 is 7.82 Å². The number of carbonyl (C=O) groups excluding carboxylic acids is 6. The first kappa shape index (κ1) is 93.3. The van der Waals surface area contributed by atoms with Crippen LogP contribution < -0.4 is 10.6 Å². The molecule has 0 aromatic carbocycles. The number of aliphatic hydroxyl groups is 1. The number of amides is 2. The average molecular weight is 1430 g/mol. The average Bonchev–Trinajstić information content (AvgIpc) is 0.781. The van der Waals surface area contributed by atoms with Gasteiger partial charge in [-0.05, 0) is 57.8 Å². The Balaban J connectivity index is 3.81. The zero-order valence-electron chi connectivity index (χ0n) is 62.9. The maximum Gasteiger partial charge on any atom is 0.470 e. The van der Waals surface area contributed by atoms with Gasteiger partial charge in [0.15, 0.2) is 18.4 Å². The molecule has 99 heavy (non-hydrogen) atoms. The molecule has 1 aliphatic rings. The topological polar surface area (TPSA) is 306 Å². The van der Waals surface area contributed by atoms with E-state index in [1.165, 1.54) is 44.9 Å². The van der Waals surface area contributed by atoms with Crippen molar-refractivity contribution >= 4 is 49.5 Å². The van der Waals surface area contributed by atoms with Gasteiger partial charge in [0, 0.05) is 19.3 Å². The predicted octanol–water partition coefficient (Wildman–Crippen LogP) is 17.7. The van der Waals surface area contributed by atoms with E-state index in [-0.39, 0.29) is 32.1 Å². The van der Waals surface area contributed by atoms with Crippen molar-refractivity contribution < 1.29 is 91.1 Å². The van der Waals surface area contributed by atoms with E-state index in [4.69, 9.17) is 32.9 Å². The van der Waals surface area contributed by atoms with E-state index in [1.54, 1.807) is 0 Å². The Kier molecular flexibility index (Phi) is 59.2. The van der Waals surface area contributed by atoms with Gasteiger partial charge in [-0.1, -0.05) is 286 Å². The van der Waals surface area contributed by atoms with Crippen LogP contribution in [0.25, 0.3) is 0 Å². The third kappa shape index (κ3) is 52.0. The number of phosphoric ester groups is 1. The summed E-state index contributed by atoms with van der Waals surface area (Å²) in [6.45, 7) is 10.9. The zero-order valence-corrected chi connectivity index (χ0v) is 63.8. The van der Waals surface area contributed by atoms with Crippen molar-refractivity contribution in [1.29, 1.82) is 0 Å². The van der Waals surface area contributed by atoms with Crippen molar-refractivity contribution in [2.24, 2.45) is 0 Å². The molecule has 0 aliphatic carbocycles. The lowest BCUT2D eigenvalue weighted by molar-refractivity contribution is -0.272. The molecule has 9 atom stereocenters. The van der Waals surface area contributed by atoms with E-state index in [0.29, 0.717) is 51.4 Å². The van der Waals surface area contributed by atoms with Gasteiger partial charge in [0.1, 0.15) is 36.6 Å². The zero-order chi connectivity index (χ0) is 73.0. The SMILES string of the molecule is CCCCCCCCCCC[C@H](CC(=O)N[C@H]1[C@H](OC[C@H](NC(=O)C[C@@H](CCCCCCCCCCC)OC(=O)CCCCCCCCC)C(=O)O)O[C@H](CO)[C@@H](OP(=O)(O)O)[C@@H]1OC(=O)C[C@@H](CCCCCCCCCCC)OC(=O)CCCCCCCCC)OC(=O)CCCCC. The number of unbranched alkanes of at least 4 members (excludes halogenated alkanes) is 38. The summed E-state index contributed by atoms with van der Waals surface area (Å²) in [5.74, 6) is -5.57. The number of nitrogens with one attached hydrogen (secondary N) is 2. The molecule has 0 aromatic heterocycles. The lowest BCUT2D eigenvalue weighted by Gasteiger charge is -2.45. The Morgan fingerprint density at radius 2 is 0.727 bits per heavy atom. The van der Waals surface area contributed by atoms with Gasteiger partial charge in [-0.2, -0.15) is 0 Å². The molecule has 0 saturated carbocycles. The van der Waals surface area contributed by atoms with E-state index in [2.05, 4.69) is 45.3 Å². The lowest BCUT2D eigenvalue weighted by Crippen LogP contribution is -2.66. The van der Waals surface area contributed by atoms with E-state index in [0.717, 1.165) is 199 Å². The minimum Gasteiger partial charge on any atom is -0.480 e. The molecule has 1 saturated heterocycles. The van der Waals surface area contributed by atoms with Crippen LogP contribution in [0.2, 0.25) is 0 Å². The van der Waals surface area contributed by atoms with Gasteiger partial charge in [-0.25, -0.2) is 9.36 Å². The van der Waals surface area contributed by atoms with Crippen molar-refractivity contribution in [2.75, 3.05) is 13.2 Å².